The molecule has 0 spiro atoms. The third kappa shape index (κ3) is 5.76. The highest BCUT2D eigenvalue weighted by molar-refractivity contribution is 7.89. The number of halogens is 1. The van der Waals surface area contributed by atoms with Gasteiger partial charge in [-0.15, -0.1) is 0 Å². The van der Waals surface area contributed by atoms with Gasteiger partial charge in [-0.1, -0.05) is 0 Å². The van der Waals surface area contributed by atoms with Gasteiger partial charge in [-0.05, 0) is 18.2 Å². The number of aliphatic hydroxyl groups is 1. The van der Waals surface area contributed by atoms with E-state index in [9.17, 15) is 17.6 Å². The van der Waals surface area contributed by atoms with E-state index in [1.54, 1.807) is 0 Å². The van der Waals surface area contributed by atoms with Gasteiger partial charge in [-0.2, -0.15) is 0 Å². The molecule has 0 aromatic heterocycles. The van der Waals surface area contributed by atoms with E-state index in [4.69, 9.17) is 9.84 Å². The van der Waals surface area contributed by atoms with Gasteiger partial charge in [0, 0.05) is 19.2 Å². The van der Waals surface area contributed by atoms with Gasteiger partial charge in [0.05, 0.1) is 19.8 Å². The zero-order valence-electron chi connectivity index (χ0n) is 11.4. The zero-order valence-corrected chi connectivity index (χ0v) is 12.2. The van der Waals surface area contributed by atoms with Gasteiger partial charge >= 0.3 is 0 Å². The van der Waals surface area contributed by atoms with Crippen molar-refractivity contribution in [1.29, 1.82) is 0 Å². The molecule has 0 aliphatic heterocycles. The summed E-state index contributed by atoms with van der Waals surface area (Å²) in [7, 11) is -4.00. The Morgan fingerprint density at radius 2 is 2.10 bits per heavy atom. The number of rotatable bonds is 8. The molecule has 0 saturated heterocycles. The number of aliphatic hydroxyl groups excluding tert-OH is 1. The largest absolute Gasteiger partial charge is 0.394 e. The maximum atomic E-state index is 13.8. The molecule has 1 rings (SSSR count). The van der Waals surface area contributed by atoms with Crippen molar-refractivity contribution in [2.45, 2.75) is 11.8 Å². The predicted octanol–water partition coefficient (Wildman–Crippen LogP) is 0.0713. The minimum Gasteiger partial charge on any atom is -0.394 e. The molecule has 0 aliphatic rings. The standard InChI is InChI=1S/C12H17FN2O5S/c1-9(17)15-10-2-3-12(11(13)8-10)21(18,19)14-4-6-20-7-5-16/h2-3,8,14,16H,4-7H2,1H3,(H,15,17). The quantitative estimate of drug-likeness (QED) is 0.588. The molecule has 1 amide bonds. The van der Waals surface area contributed by atoms with E-state index in [1.807, 2.05) is 0 Å². The predicted molar refractivity (Wildman–Crippen MR) is 73.8 cm³/mol. The Kier molecular flexibility index (Phi) is 6.69. The number of amides is 1. The van der Waals surface area contributed by atoms with Crippen LogP contribution in [0.3, 0.4) is 0 Å². The van der Waals surface area contributed by atoms with Crippen LogP contribution in [0.15, 0.2) is 23.1 Å². The number of anilines is 1. The van der Waals surface area contributed by atoms with Gasteiger partial charge in [0.2, 0.25) is 15.9 Å². The summed E-state index contributed by atoms with van der Waals surface area (Å²) in [6.07, 6.45) is 0. The topological polar surface area (TPSA) is 105 Å². The van der Waals surface area contributed by atoms with E-state index < -0.39 is 20.7 Å². The lowest BCUT2D eigenvalue weighted by atomic mass is 10.3. The second-order valence-electron chi connectivity index (χ2n) is 4.06. The Morgan fingerprint density at radius 3 is 2.67 bits per heavy atom. The highest BCUT2D eigenvalue weighted by atomic mass is 32.2. The summed E-state index contributed by atoms with van der Waals surface area (Å²) in [5.41, 5.74) is 0.172. The molecule has 0 radical (unpaired) electrons. The number of hydrogen-bond acceptors (Lipinski definition) is 5. The van der Waals surface area contributed by atoms with Crippen LogP contribution in [-0.4, -0.2) is 45.8 Å². The molecule has 0 bridgehead atoms. The highest BCUT2D eigenvalue weighted by Crippen LogP contribution is 2.18. The molecule has 1 aromatic rings. The van der Waals surface area contributed by atoms with Crippen LogP contribution in [0.25, 0.3) is 0 Å². The van der Waals surface area contributed by atoms with Gasteiger partial charge in [0.1, 0.15) is 10.7 Å². The van der Waals surface area contributed by atoms with Crippen molar-refractivity contribution in [3.8, 4) is 0 Å². The number of sulfonamides is 1. The number of carbonyl (C=O) groups excluding carboxylic acids is 1. The first kappa shape index (κ1) is 17.5. The smallest absolute Gasteiger partial charge is 0.243 e. The molecule has 118 valence electrons. The maximum Gasteiger partial charge on any atom is 0.243 e. The lowest BCUT2D eigenvalue weighted by molar-refractivity contribution is -0.114. The Morgan fingerprint density at radius 1 is 1.38 bits per heavy atom. The van der Waals surface area contributed by atoms with Crippen LogP contribution in [-0.2, 0) is 19.6 Å². The fourth-order valence-corrected chi connectivity index (χ4v) is 2.56. The van der Waals surface area contributed by atoms with Crippen molar-refractivity contribution in [3.63, 3.8) is 0 Å². The molecule has 0 atom stereocenters. The van der Waals surface area contributed by atoms with Crippen molar-refractivity contribution < 1.29 is 27.4 Å². The van der Waals surface area contributed by atoms with Gasteiger partial charge in [0.15, 0.2) is 0 Å². The third-order valence-corrected chi connectivity index (χ3v) is 3.81. The number of nitrogens with one attached hydrogen (secondary N) is 2. The van der Waals surface area contributed by atoms with Crippen molar-refractivity contribution in [2.24, 2.45) is 0 Å². The van der Waals surface area contributed by atoms with E-state index in [2.05, 4.69) is 10.0 Å². The normalized spacial score (nSPS) is 11.4. The van der Waals surface area contributed by atoms with Crippen molar-refractivity contribution in [1.82, 2.24) is 4.72 Å². The lowest BCUT2D eigenvalue weighted by Gasteiger charge is -2.09. The average Bonchev–Trinajstić information content (AvgIpc) is 2.37. The molecule has 21 heavy (non-hydrogen) atoms. The van der Waals surface area contributed by atoms with E-state index >= 15 is 0 Å². The number of benzene rings is 1. The molecular weight excluding hydrogens is 303 g/mol. The number of ether oxygens (including phenoxy) is 1. The highest BCUT2D eigenvalue weighted by Gasteiger charge is 2.18. The van der Waals surface area contributed by atoms with Crippen molar-refractivity contribution >= 4 is 21.6 Å². The van der Waals surface area contributed by atoms with Gasteiger partial charge < -0.3 is 15.2 Å². The summed E-state index contributed by atoms with van der Waals surface area (Å²) >= 11 is 0. The minimum atomic E-state index is -4.00. The second-order valence-corrected chi connectivity index (χ2v) is 5.80. The molecular formula is C12H17FN2O5S. The monoisotopic (exact) mass is 320 g/mol. The molecule has 0 fully saturated rings. The van der Waals surface area contributed by atoms with Gasteiger partial charge in [0.25, 0.3) is 0 Å². The molecule has 0 aliphatic carbocycles. The first-order chi connectivity index (χ1) is 9.86. The zero-order chi connectivity index (χ0) is 15.9. The SMILES string of the molecule is CC(=O)Nc1ccc(S(=O)(=O)NCCOCCO)c(F)c1. The minimum absolute atomic E-state index is 0.0464. The maximum absolute atomic E-state index is 13.8. The third-order valence-electron chi connectivity index (χ3n) is 2.32. The van der Waals surface area contributed by atoms with E-state index in [-0.39, 0.29) is 38.0 Å². The summed E-state index contributed by atoms with van der Waals surface area (Å²) in [6, 6.07) is 3.29. The fourth-order valence-electron chi connectivity index (χ4n) is 1.49. The molecule has 1 aromatic carbocycles. The van der Waals surface area contributed by atoms with E-state index in [0.29, 0.717) is 0 Å². The van der Waals surface area contributed by atoms with Gasteiger partial charge in [-0.25, -0.2) is 17.5 Å². The first-order valence-electron chi connectivity index (χ1n) is 6.12. The van der Waals surface area contributed by atoms with E-state index in [1.165, 1.54) is 13.0 Å². The van der Waals surface area contributed by atoms with Crippen LogP contribution in [0.5, 0.6) is 0 Å². The Labute approximate surface area is 122 Å². The molecule has 7 nitrogen and oxygen atoms in total. The lowest BCUT2D eigenvalue weighted by Crippen LogP contribution is -2.28. The van der Waals surface area contributed by atoms with Crippen LogP contribution in [0.2, 0.25) is 0 Å². The van der Waals surface area contributed by atoms with Crippen LogP contribution < -0.4 is 10.0 Å². The fraction of sp³-hybridized carbons (Fsp3) is 0.417. The van der Waals surface area contributed by atoms with Crippen molar-refractivity contribution in [2.75, 3.05) is 31.7 Å². The van der Waals surface area contributed by atoms with E-state index in [0.717, 1.165) is 12.1 Å². The number of carbonyl (C=O) groups is 1. The molecule has 0 unspecified atom stereocenters. The van der Waals surface area contributed by atoms with Gasteiger partial charge in [-0.3, -0.25) is 4.79 Å². The summed E-state index contributed by atoms with van der Waals surface area (Å²) in [5.74, 6) is -1.35. The molecule has 0 heterocycles. The first-order valence-corrected chi connectivity index (χ1v) is 7.60. The van der Waals surface area contributed by atoms with Crippen LogP contribution in [0.1, 0.15) is 6.92 Å². The Hall–Kier alpha value is -1.55. The van der Waals surface area contributed by atoms with Crippen molar-refractivity contribution in [3.05, 3.63) is 24.0 Å². The number of hydrogen-bond donors (Lipinski definition) is 3. The molecule has 0 saturated carbocycles. The summed E-state index contributed by atoms with van der Waals surface area (Å²) in [5, 5.41) is 10.8. The summed E-state index contributed by atoms with van der Waals surface area (Å²) in [6.45, 7) is 1.21. The second kappa shape index (κ2) is 8.03. The van der Waals surface area contributed by atoms with Crippen LogP contribution in [0.4, 0.5) is 10.1 Å². The van der Waals surface area contributed by atoms with Crippen LogP contribution >= 0.6 is 0 Å². The molecule has 9 heteroatoms. The average molecular weight is 320 g/mol. The molecule has 3 N–H and O–H groups in total. The Bertz CT molecular complexity index is 591. The Balaban J connectivity index is 2.72. The summed E-state index contributed by atoms with van der Waals surface area (Å²) in [4.78, 5) is 10.3. The summed E-state index contributed by atoms with van der Waals surface area (Å²) < 4.78 is 44.6. The van der Waals surface area contributed by atoms with Crippen LogP contribution in [0, 0.1) is 5.82 Å².